The summed E-state index contributed by atoms with van der Waals surface area (Å²) in [5, 5.41) is 4.62. The van der Waals surface area contributed by atoms with Crippen molar-refractivity contribution < 1.29 is 4.79 Å². The van der Waals surface area contributed by atoms with Crippen LogP contribution in [0.1, 0.15) is 21.7 Å². The van der Waals surface area contributed by atoms with Crippen LogP contribution in [0.5, 0.6) is 0 Å². The lowest BCUT2D eigenvalue weighted by Crippen LogP contribution is -2.20. The van der Waals surface area contributed by atoms with Gasteiger partial charge in [0.1, 0.15) is 11.3 Å². The van der Waals surface area contributed by atoms with Crippen molar-refractivity contribution in [1.29, 1.82) is 0 Å². The molecule has 3 rings (SSSR count). The molecule has 3 aromatic rings. The summed E-state index contributed by atoms with van der Waals surface area (Å²) in [7, 11) is 0. The fourth-order valence-electron chi connectivity index (χ4n) is 2.15. The SMILES string of the molecule is Cc1nc2ccccn2c1C(=O)N/N=C/c1ccc(Cl)cc1. The van der Waals surface area contributed by atoms with Gasteiger partial charge in [-0.25, -0.2) is 10.4 Å². The van der Waals surface area contributed by atoms with Crippen LogP contribution in [0.3, 0.4) is 0 Å². The molecular weight excluding hydrogens is 300 g/mol. The summed E-state index contributed by atoms with van der Waals surface area (Å²) in [6.45, 7) is 1.80. The molecule has 0 aliphatic carbocycles. The number of aromatic nitrogens is 2. The maximum absolute atomic E-state index is 12.3. The first-order valence-corrected chi connectivity index (χ1v) is 7.05. The number of rotatable bonds is 3. The van der Waals surface area contributed by atoms with Gasteiger partial charge in [0.05, 0.1) is 11.9 Å². The second-order valence-corrected chi connectivity index (χ2v) is 5.16. The van der Waals surface area contributed by atoms with Gasteiger partial charge in [-0.05, 0) is 36.8 Å². The number of aryl methyl sites for hydroxylation is 1. The van der Waals surface area contributed by atoms with E-state index in [0.29, 0.717) is 16.4 Å². The molecule has 0 saturated heterocycles. The van der Waals surface area contributed by atoms with Gasteiger partial charge in [0.15, 0.2) is 0 Å². The molecule has 0 bridgehead atoms. The smallest absolute Gasteiger partial charge is 0.290 e. The van der Waals surface area contributed by atoms with E-state index >= 15 is 0 Å². The van der Waals surface area contributed by atoms with Gasteiger partial charge in [-0.15, -0.1) is 0 Å². The number of halogens is 1. The Labute approximate surface area is 132 Å². The number of amides is 1. The Morgan fingerprint density at radius 1 is 1.27 bits per heavy atom. The minimum atomic E-state index is -0.304. The summed E-state index contributed by atoms with van der Waals surface area (Å²) in [4.78, 5) is 16.6. The quantitative estimate of drug-likeness (QED) is 0.597. The summed E-state index contributed by atoms with van der Waals surface area (Å²) in [5.41, 5.74) is 5.23. The summed E-state index contributed by atoms with van der Waals surface area (Å²) < 4.78 is 1.74. The van der Waals surface area contributed by atoms with Crippen LogP contribution in [-0.2, 0) is 0 Å². The van der Waals surface area contributed by atoms with E-state index in [1.807, 2.05) is 30.3 Å². The Kier molecular flexibility index (Phi) is 3.89. The number of carbonyl (C=O) groups excluding carboxylic acids is 1. The standard InChI is InChI=1S/C16H13ClN4O/c1-11-15(21-9-3-2-4-14(21)19-11)16(22)20-18-10-12-5-7-13(17)8-6-12/h2-10H,1H3,(H,20,22)/b18-10+. The largest absolute Gasteiger partial charge is 0.295 e. The van der Waals surface area contributed by atoms with E-state index in [0.717, 1.165) is 11.2 Å². The Morgan fingerprint density at radius 2 is 2.05 bits per heavy atom. The van der Waals surface area contributed by atoms with Crippen molar-refractivity contribution in [2.24, 2.45) is 5.10 Å². The minimum absolute atomic E-state index is 0.304. The summed E-state index contributed by atoms with van der Waals surface area (Å²) in [6.07, 6.45) is 3.36. The number of imidazole rings is 1. The van der Waals surface area contributed by atoms with Crippen molar-refractivity contribution in [1.82, 2.24) is 14.8 Å². The van der Waals surface area contributed by atoms with E-state index < -0.39 is 0 Å². The molecule has 6 heteroatoms. The number of fused-ring (bicyclic) bond motifs is 1. The molecule has 2 heterocycles. The molecule has 1 aromatic carbocycles. The maximum atomic E-state index is 12.3. The third kappa shape index (κ3) is 2.84. The van der Waals surface area contributed by atoms with Crippen LogP contribution in [0, 0.1) is 6.92 Å². The molecule has 0 unspecified atom stereocenters. The number of nitrogens with zero attached hydrogens (tertiary/aromatic N) is 3. The molecule has 0 fully saturated rings. The van der Waals surface area contributed by atoms with Gasteiger partial charge in [0.2, 0.25) is 0 Å². The molecule has 0 saturated carbocycles. The first kappa shape index (κ1) is 14.3. The van der Waals surface area contributed by atoms with Crippen LogP contribution < -0.4 is 5.43 Å². The first-order chi connectivity index (χ1) is 10.6. The number of hydrazone groups is 1. The van der Waals surface area contributed by atoms with E-state index in [1.54, 1.807) is 35.9 Å². The molecule has 0 radical (unpaired) electrons. The van der Waals surface area contributed by atoms with Gasteiger partial charge in [0, 0.05) is 11.2 Å². The number of nitrogens with one attached hydrogen (secondary N) is 1. The van der Waals surface area contributed by atoms with Crippen molar-refractivity contribution >= 4 is 29.4 Å². The summed E-state index contributed by atoms with van der Waals surface area (Å²) in [5.74, 6) is -0.304. The second-order valence-electron chi connectivity index (χ2n) is 4.73. The highest BCUT2D eigenvalue weighted by Gasteiger charge is 2.15. The zero-order chi connectivity index (χ0) is 15.5. The van der Waals surface area contributed by atoms with Gasteiger partial charge >= 0.3 is 0 Å². The highest BCUT2D eigenvalue weighted by molar-refractivity contribution is 6.30. The molecule has 0 spiro atoms. The number of hydrogen-bond acceptors (Lipinski definition) is 3. The third-order valence-corrected chi connectivity index (χ3v) is 3.42. The highest BCUT2D eigenvalue weighted by Crippen LogP contribution is 2.11. The monoisotopic (exact) mass is 312 g/mol. The van der Waals surface area contributed by atoms with Crippen LogP contribution in [0.25, 0.3) is 5.65 Å². The van der Waals surface area contributed by atoms with Gasteiger partial charge in [-0.3, -0.25) is 9.20 Å². The third-order valence-electron chi connectivity index (χ3n) is 3.17. The van der Waals surface area contributed by atoms with Crippen LogP contribution >= 0.6 is 11.6 Å². The molecular formula is C16H13ClN4O. The number of carbonyl (C=O) groups is 1. The van der Waals surface area contributed by atoms with Gasteiger partial charge in [0.25, 0.3) is 5.91 Å². The lowest BCUT2D eigenvalue weighted by Gasteiger charge is -2.01. The van der Waals surface area contributed by atoms with Crippen molar-refractivity contribution in [3.8, 4) is 0 Å². The molecule has 0 atom stereocenters. The van der Waals surface area contributed by atoms with Crippen LogP contribution in [-0.4, -0.2) is 21.5 Å². The van der Waals surface area contributed by atoms with Gasteiger partial charge in [-0.1, -0.05) is 29.8 Å². The molecule has 0 aliphatic heterocycles. The maximum Gasteiger partial charge on any atom is 0.290 e. The highest BCUT2D eigenvalue weighted by atomic mass is 35.5. The van der Waals surface area contributed by atoms with Gasteiger partial charge in [-0.2, -0.15) is 5.10 Å². The fourth-order valence-corrected chi connectivity index (χ4v) is 2.28. The van der Waals surface area contributed by atoms with E-state index in [2.05, 4.69) is 15.5 Å². The van der Waals surface area contributed by atoms with Crippen molar-refractivity contribution in [3.05, 3.63) is 70.6 Å². The zero-order valence-corrected chi connectivity index (χ0v) is 12.6. The lowest BCUT2D eigenvalue weighted by atomic mass is 10.2. The summed E-state index contributed by atoms with van der Waals surface area (Å²) >= 11 is 5.81. The van der Waals surface area contributed by atoms with E-state index in [9.17, 15) is 4.79 Å². The van der Waals surface area contributed by atoms with Crippen molar-refractivity contribution in [2.45, 2.75) is 6.92 Å². The molecule has 1 N–H and O–H groups in total. The molecule has 2 aromatic heterocycles. The number of benzene rings is 1. The molecule has 0 aliphatic rings. The number of hydrogen-bond donors (Lipinski definition) is 1. The summed E-state index contributed by atoms with van der Waals surface area (Å²) in [6, 6.07) is 12.7. The number of pyridine rings is 1. The van der Waals surface area contributed by atoms with Crippen molar-refractivity contribution in [2.75, 3.05) is 0 Å². The van der Waals surface area contributed by atoms with Crippen LogP contribution in [0.4, 0.5) is 0 Å². The predicted octanol–water partition coefficient (Wildman–Crippen LogP) is 3.06. The minimum Gasteiger partial charge on any atom is -0.295 e. The van der Waals surface area contributed by atoms with Gasteiger partial charge < -0.3 is 0 Å². The van der Waals surface area contributed by atoms with E-state index in [4.69, 9.17) is 11.6 Å². The molecule has 5 nitrogen and oxygen atoms in total. The Bertz CT molecular complexity index is 852. The normalized spacial score (nSPS) is 11.2. The fraction of sp³-hybridized carbons (Fsp3) is 0.0625. The Hall–Kier alpha value is -2.66. The van der Waals surface area contributed by atoms with E-state index in [1.165, 1.54) is 0 Å². The first-order valence-electron chi connectivity index (χ1n) is 6.68. The average Bonchev–Trinajstić information content (AvgIpc) is 2.85. The Balaban J connectivity index is 1.79. The second kappa shape index (κ2) is 5.99. The van der Waals surface area contributed by atoms with Crippen LogP contribution in [0.15, 0.2) is 53.8 Å². The van der Waals surface area contributed by atoms with E-state index in [-0.39, 0.29) is 5.91 Å². The zero-order valence-electron chi connectivity index (χ0n) is 11.8. The molecule has 110 valence electrons. The Morgan fingerprint density at radius 3 is 2.82 bits per heavy atom. The molecule has 22 heavy (non-hydrogen) atoms. The van der Waals surface area contributed by atoms with Crippen LogP contribution in [0.2, 0.25) is 5.02 Å². The van der Waals surface area contributed by atoms with Crippen molar-refractivity contribution in [3.63, 3.8) is 0 Å². The average molecular weight is 313 g/mol. The topological polar surface area (TPSA) is 58.8 Å². The molecule has 1 amide bonds. The predicted molar refractivity (Wildman–Crippen MR) is 86.4 cm³/mol. The lowest BCUT2D eigenvalue weighted by molar-refractivity contribution is 0.0948.